The van der Waals surface area contributed by atoms with E-state index in [1.54, 1.807) is 68.6 Å². The van der Waals surface area contributed by atoms with E-state index in [4.69, 9.17) is 13.7 Å². The molecular formula is C26H23BrN2O6S2. The van der Waals surface area contributed by atoms with Crippen LogP contribution in [0.25, 0.3) is 6.08 Å². The molecule has 1 saturated heterocycles. The summed E-state index contributed by atoms with van der Waals surface area (Å²) in [5.74, 6) is 0.654. The van der Waals surface area contributed by atoms with Gasteiger partial charge in [0, 0.05) is 0 Å². The molecule has 0 atom stereocenters. The fraction of sp³-hybridized carbons (Fsp3) is 0.154. The van der Waals surface area contributed by atoms with Crippen LogP contribution in [-0.4, -0.2) is 33.2 Å². The highest BCUT2D eigenvalue weighted by atomic mass is 79.9. The second-order valence-corrected chi connectivity index (χ2v) is 11.2. The topological polar surface area (TPSA) is 103 Å². The normalized spacial score (nSPS) is 15.6. The molecule has 192 valence electrons. The summed E-state index contributed by atoms with van der Waals surface area (Å²) in [4.78, 5) is 17.5. The Balaban J connectivity index is 1.60. The summed E-state index contributed by atoms with van der Waals surface area (Å²) in [5.41, 5.74) is 2.21. The maximum Gasteiger partial charge on any atom is 0.339 e. The van der Waals surface area contributed by atoms with E-state index in [1.165, 1.54) is 23.9 Å². The third kappa shape index (κ3) is 6.54. The molecule has 0 bridgehead atoms. The number of carbonyl (C=O) groups excluding carboxylic acids is 1. The summed E-state index contributed by atoms with van der Waals surface area (Å²) in [5, 5.41) is 3.19. The number of hydrogen-bond donors (Lipinski definition) is 1. The van der Waals surface area contributed by atoms with Gasteiger partial charge in [-0.3, -0.25) is 4.79 Å². The summed E-state index contributed by atoms with van der Waals surface area (Å²) in [6, 6.07) is 16.8. The van der Waals surface area contributed by atoms with Gasteiger partial charge in [-0.15, -0.1) is 0 Å². The van der Waals surface area contributed by atoms with Gasteiger partial charge in [0.05, 0.1) is 28.8 Å². The molecule has 11 heteroatoms. The number of nitrogens with one attached hydrogen (secondary N) is 1. The number of thioether (sulfide) groups is 1. The fourth-order valence-electron chi connectivity index (χ4n) is 3.28. The molecule has 0 saturated carbocycles. The van der Waals surface area contributed by atoms with Gasteiger partial charge in [0.25, 0.3) is 5.91 Å². The minimum absolute atomic E-state index is 0.0230. The first-order valence-electron chi connectivity index (χ1n) is 11.1. The Morgan fingerprint density at radius 1 is 1.08 bits per heavy atom. The van der Waals surface area contributed by atoms with Crippen LogP contribution in [-0.2, 0) is 14.9 Å². The van der Waals surface area contributed by atoms with E-state index in [-0.39, 0.29) is 28.9 Å². The van der Waals surface area contributed by atoms with Gasteiger partial charge in [0.1, 0.15) is 10.6 Å². The Hall–Kier alpha value is -3.28. The van der Waals surface area contributed by atoms with Crippen LogP contribution in [0.2, 0.25) is 0 Å². The molecule has 0 aliphatic carbocycles. The monoisotopic (exact) mass is 602 g/mol. The van der Waals surface area contributed by atoms with Crippen molar-refractivity contribution in [1.82, 2.24) is 5.32 Å². The van der Waals surface area contributed by atoms with Crippen molar-refractivity contribution in [2.24, 2.45) is 4.99 Å². The number of halogens is 1. The van der Waals surface area contributed by atoms with E-state index in [2.05, 4.69) is 26.2 Å². The number of nitrogens with zero attached hydrogens (tertiary/aromatic N) is 1. The zero-order valence-corrected chi connectivity index (χ0v) is 23.4. The predicted molar refractivity (Wildman–Crippen MR) is 148 cm³/mol. The van der Waals surface area contributed by atoms with Crippen LogP contribution in [0.4, 0.5) is 5.69 Å². The van der Waals surface area contributed by atoms with Gasteiger partial charge >= 0.3 is 10.1 Å². The van der Waals surface area contributed by atoms with E-state index in [1.807, 2.05) is 6.92 Å². The lowest BCUT2D eigenvalue weighted by Gasteiger charge is -2.14. The summed E-state index contributed by atoms with van der Waals surface area (Å²) >= 11 is 4.59. The number of ether oxygens (including phenoxy) is 2. The van der Waals surface area contributed by atoms with Crippen LogP contribution in [0.15, 0.2) is 79.9 Å². The highest BCUT2D eigenvalue weighted by molar-refractivity contribution is 9.10. The van der Waals surface area contributed by atoms with Crippen LogP contribution in [0.3, 0.4) is 0 Å². The quantitative estimate of drug-likeness (QED) is 0.256. The molecular weight excluding hydrogens is 580 g/mol. The molecule has 3 aromatic carbocycles. The lowest BCUT2D eigenvalue weighted by molar-refractivity contribution is -0.115. The molecule has 1 N–H and O–H groups in total. The molecule has 0 unspecified atom stereocenters. The van der Waals surface area contributed by atoms with Gasteiger partial charge in [0.15, 0.2) is 16.7 Å². The number of amides is 1. The first-order valence-corrected chi connectivity index (χ1v) is 14.1. The highest BCUT2D eigenvalue weighted by Gasteiger charge is 2.25. The average Bonchev–Trinajstić information content (AvgIpc) is 3.20. The fourth-order valence-corrected chi connectivity index (χ4v) is 5.73. The van der Waals surface area contributed by atoms with Gasteiger partial charge < -0.3 is 19.0 Å². The molecule has 0 radical (unpaired) electrons. The minimum Gasteiger partial charge on any atom is -0.497 e. The van der Waals surface area contributed by atoms with Gasteiger partial charge in [-0.25, -0.2) is 4.99 Å². The lowest BCUT2D eigenvalue weighted by Crippen LogP contribution is -2.19. The van der Waals surface area contributed by atoms with Crippen molar-refractivity contribution in [1.29, 1.82) is 0 Å². The van der Waals surface area contributed by atoms with Crippen molar-refractivity contribution < 1.29 is 26.9 Å². The van der Waals surface area contributed by atoms with E-state index in [0.717, 1.165) is 5.56 Å². The van der Waals surface area contributed by atoms with Crippen LogP contribution in [0, 0.1) is 6.92 Å². The van der Waals surface area contributed by atoms with Gasteiger partial charge in [-0.05, 0) is 102 Å². The Labute approximate surface area is 228 Å². The van der Waals surface area contributed by atoms with Crippen molar-refractivity contribution in [3.8, 4) is 17.2 Å². The van der Waals surface area contributed by atoms with Crippen molar-refractivity contribution in [3.63, 3.8) is 0 Å². The molecule has 8 nitrogen and oxygen atoms in total. The van der Waals surface area contributed by atoms with Gasteiger partial charge in [0.2, 0.25) is 0 Å². The van der Waals surface area contributed by atoms with E-state index in [0.29, 0.717) is 31.5 Å². The number of hydrogen-bond acceptors (Lipinski definition) is 8. The molecule has 0 spiro atoms. The lowest BCUT2D eigenvalue weighted by atomic mass is 10.2. The van der Waals surface area contributed by atoms with Gasteiger partial charge in [-0.1, -0.05) is 17.7 Å². The molecule has 4 rings (SSSR count). The highest BCUT2D eigenvalue weighted by Crippen LogP contribution is 2.40. The first-order chi connectivity index (χ1) is 17.7. The van der Waals surface area contributed by atoms with E-state index >= 15 is 0 Å². The molecule has 1 aliphatic rings. The summed E-state index contributed by atoms with van der Waals surface area (Å²) in [7, 11) is -2.51. The number of aryl methyl sites for hydroxylation is 1. The van der Waals surface area contributed by atoms with Crippen LogP contribution >= 0.6 is 27.7 Å². The Morgan fingerprint density at radius 3 is 2.43 bits per heavy atom. The Bertz CT molecular complexity index is 1480. The third-order valence-corrected chi connectivity index (χ3v) is 7.82. The molecule has 0 aromatic heterocycles. The smallest absolute Gasteiger partial charge is 0.339 e. The molecule has 1 fully saturated rings. The van der Waals surface area contributed by atoms with Crippen LogP contribution in [0.5, 0.6) is 17.2 Å². The zero-order chi connectivity index (χ0) is 26.6. The zero-order valence-electron chi connectivity index (χ0n) is 20.1. The molecule has 3 aromatic rings. The molecule has 37 heavy (non-hydrogen) atoms. The summed E-state index contributed by atoms with van der Waals surface area (Å²) < 4.78 is 42.4. The van der Waals surface area contributed by atoms with Crippen LogP contribution < -0.4 is 19.0 Å². The predicted octanol–water partition coefficient (Wildman–Crippen LogP) is 5.82. The maximum absolute atomic E-state index is 12.9. The Kier molecular flexibility index (Phi) is 8.25. The van der Waals surface area contributed by atoms with E-state index in [9.17, 15) is 13.2 Å². The standard InChI is InChI=1S/C26H23BrN2O6S2/c1-4-34-22-14-17(13-21(27)24(22)35-37(31,32)20-11-5-16(2)6-12-20)15-23-25(30)29-26(36-23)28-18-7-9-19(33-3)10-8-18/h5-15H,4H2,1-3H3,(H,28,29,30)/b23-15-. The Morgan fingerprint density at radius 2 is 1.78 bits per heavy atom. The van der Waals surface area contributed by atoms with Gasteiger partial charge in [-0.2, -0.15) is 8.42 Å². The molecule has 1 heterocycles. The average molecular weight is 604 g/mol. The van der Waals surface area contributed by atoms with Crippen molar-refractivity contribution >= 4 is 60.6 Å². The SMILES string of the molecule is CCOc1cc(/C=C2\SC(=Nc3ccc(OC)cc3)NC2=O)cc(Br)c1OS(=O)(=O)c1ccc(C)cc1. The number of aliphatic imine (C=N–C) groups is 1. The van der Waals surface area contributed by atoms with Crippen LogP contribution in [0.1, 0.15) is 18.1 Å². The summed E-state index contributed by atoms with van der Waals surface area (Å²) in [6.45, 7) is 3.92. The molecule has 1 amide bonds. The summed E-state index contributed by atoms with van der Waals surface area (Å²) in [6.07, 6.45) is 1.67. The second kappa shape index (κ2) is 11.4. The second-order valence-electron chi connectivity index (χ2n) is 7.79. The number of methoxy groups -OCH3 is 1. The van der Waals surface area contributed by atoms with Crippen molar-refractivity contribution in [3.05, 3.63) is 81.2 Å². The molecule has 1 aliphatic heterocycles. The van der Waals surface area contributed by atoms with Crippen molar-refractivity contribution in [2.75, 3.05) is 13.7 Å². The number of rotatable bonds is 8. The number of carbonyl (C=O) groups is 1. The largest absolute Gasteiger partial charge is 0.497 e. The number of benzene rings is 3. The third-order valence-electron chi connectivity index (χ3n) is 5.09. The van der Waals surface area contributed by atoms with E-state index < -0.39 is 10.1 Å². The van der Waals surface area contributed by atoms with Crippen molar-refractivity contribution in [2.45, 2.75) is 18.7 Å². The number of amidine groups is 1. The maximum atomic E-state index is 12.9. The first kappa shape index (κ1) is 26.8. The minimum atomic E-state index is -4.10.